The zero-order valence-corrected chi connectivity index (χ0v) is 11.0. The van der Waals surface area contributed by atoms with Crippen LogP contribution in [0.5, 0.6) is 0 Å². The van der Waals surface area contributed by atoms with Crippen molar-refractivity contribution in [2.75, 3.05) is 6.61 Å². The van der Waals surface area contributed by atoms with Crippen LogP contribution in [0.4, 0.5) is 0 Å². The molecule has 0 aromatic rings. The van der Waals surface area contributed by atoms with Gasteiger partial charge in [0.2, 0.25) is 0 Å². The van der Waals surface area contributed by atoms with Gasteiger partial charge in [-0.3, -0.25) is 0 Å². The molecule has 1 aliphatic rings. The third-order valence-electron chi connectivity index (χ3n) is 3.60. The van der Waals surface area contributed by atoms with E-state index in [1.54, 1.807) is 0 Å². The maximum absolute atomic E-state index is 5.90. The Hall–Kier alpha value is -0.0800. The standard InChI is InChI=1S/C13H27NO/c1-6-8-12(3,4)15-10-7-9-13(5)11(2)14-13/h11,14H,6-10H2,1-5H3. The number of rotatable bonds is 7. The van der Waals surface area contributed by atoms with Crippen LogP contribution in [0.25, 0.3) is 0 Å². The molecular formula is C13H27NO. The van der Waals surface area contributed by atoms with Crippen molar-refractivity contribution in [1.29, 1.82) is 0 Å². The van der Waals surface area contributed by atoms with Gasteiger partial charge in [-0.15, -0.1) is 0 Å². The van der Waals surface area contributed by atoms with Gasteiger partial charge in [-0.05, 0) is 47.0 Å². The Morgan fingerprint density at radius 3 is 2.47 bits per heavy atom. The van der Waals surface area contributed by atoms with Crippen LogP contribution in [0.1, 0.15) is 60.3 Å². The molecule has 90 valence electrons. The van der Waals surface area contributed by atoms with Crippen molar-refractivity contribution in [2.45, 2.75) is 77.5 Å². The fourth-order valence-corrected chi connectivity index (χ4v) is 2.20. The lowest BCUT2D eigenvalue weighted by molar-refractivity contribution is -0.0259. The highest BCUT2D eigenvalue weighted by Gasteiger charge is 2.44. The summed E-state index contributed by atoms with van der Waals surface area (Å²) in [6, 6.07) is 0.696. The predicted octanol–water partition coefficient (Wildman–Crippen LogP) is 3.11. The summed E-state index contributed by atoms with van der Waals surface area (Å²) in [6.07, 6.45) is 4.75. The van der Waals surface area contributed by atoms with Gasteiger partial charge in [0.25, 0.3) is 0 Å². The SMILES string of the molecule is CCCC(C)(C)OCCCC1(C)NC1C. The van der Waals surface area contributed by atoms with Gasteiger partial charge >= 0.3 is 0 Å². The molecule has 0 saturated carbocycles. The molecule has 1 N–H and O–H groups in total. The van der Waals surface area contributed by atoms with E-state index in [4.69, 9.17) is 4.74 Å². The number of hydrogen-bond donors (Lipinski definition) is 1. The molecule has 1 saturated heterocycles. The summed E-state index contributed by atoms with van der Waals surface area (Å²) >= 11 is 0. The average molecular weight is 213 g/mol. The molecule has 2 atom stereocenters. The zero-order valence-electron chi connectivity index (χ0n) is 11.0. The summed E-state index contributed by atoms with van der Waals surface area (Å²) in [5.74, 6) is 0. The van der Waals surface area contributed by atoms with Crippen molar-refractivity contribution >= 4 is 0 Å². The summed E-state index contributed by atoms with van der Waals surface area (Å²) in [7, 11) is 0. The van der Waals surface area contributed by atoms with Crippen molar-refractivity contribution in [2.24, 2.45) is 0 Å². The lowest BCUT2D eigenvalue weighted by Crippen LogP contribution is -2.25. The topological polar surface area (TPSA) is 31.2 Å². The van der Waals surface area contributed by atoms with Crippen molar-refractivity contribution in [3.05, 3.63) is 0 Å². The highest BCUT2D eigenvalue weighted by Crippen LogP contribution is 2.30. The van der Waals surface area contributed by atoms with Gasteiger partial charge < -0.3 is 10.1 Å². The van der Waals surface area contributed by atoms with E-state index in [0.29, 0.717) is 11.6 Å². The molecule has 0 bridgehead atoms. The van der Waals surface area contributed by atoms with Gasteiger partial charge in [-0.1, -0.05) is 13.3 Å². The molecule has 0 radical (unpaired) electrons. The van der Waals surface area contributed by atoms with Gasteiger partial charge in [0.1, 0.15) is 0 Å². The largest absolute Gasteiger partial charge is 0.376 e. The first-order valence-corrected chi connectivity index (χ1v) is 6.31. The van der Waals surface area contributed by atoms with Gasteiger partial charge in [0.05, 0.1) is 5.60 Å². The van der Waals surface area contributed by atoms with Crippen LogP contribution in [0.15, 0.2) is 0 Å². The van der Waals surface area contributed by atoms with Crippen LogP contribution in [0.2, 0.25) is 0 Å². The van der Waals surface area contributed by atoms with Crippen LogP contribution in [0.3, 0.4) is 0 Å². The Morgan fingerprint density at radius 2 is 2.00 bits per heavy atom. The smallest absolute Gasteiger partial charge is 0.0626 e. The first-order chi connectivity index (χ1) is 6.90. The third-order valence-corrected chi connectivity index (χ3v) is 3.60. The molecule has 0 aromatic heterocycles. The number of ether oxygens (including phenoxy) is 1. The second kappa shape index (κ2) is 4.84. The molecule has 2 nitrogen and oxygen atoms in total. The Labute approximate surface area is 94.8 Å². The van der Waals surface area contributed by atoms with E-state index in [9.17, 15) is 0 Å². The minimum Gasteiger partial charge on any atom is -0.376 e. The van der Waals surface area contributed by atoms with Gasteiger partial charge in [-0.25, -0.2) is 0 Å². The van der Waals surface area contributed by atoms with Crippen LogP contribution < -0.4 is 5.32 Å². The Kier molecular flexibility index (Phi) is 4.19. The lowest BCUT2D eigenvalue weighted by atomic mass is 10.0. The van der Waals surface area contributed by atoms with E-state index < -0.39 is 0 Å². The normalized spacial score (nSPS) is 30.6. The zero-order chi connectivity index (χ0) is 11.5. The molecule has 0 spiro atoms. The molecule has 1 rings (SSSR count). The summed E-state index contributed by atoms with van der Waals surface area (Å²) in [6.45, 7) is 12.0. The summed E-state index contributed by atoms with van der Waals surface area (Å²) in [5, 5.41) is 3.48. The summed E-state index contributed by atoms with van der Waals surface area (Å²) in [4.78, 5) is 0. The molecular weight excluding hydrogens is 186 g/mol. The van der Waals surface area contributed by atoms with E-state index in [1.807, 2.05) is 0 Å². The molecule has 2 unspecified atom stereocenters. The maximum atomic E-state index is 5.90. The van der Waals surface area contributed by atoms with Gasteiger partial charge in [0, 0.05) is 18.2 Å². The summed E-state index contributed by atoms with van der Waals surface area (Å²) < 4.78 is 5.90. The predicted molar refractivity (Wildman–Crippen MR) is 65.2 cm³/mol. The molecule has 2 heteroatoms. The average Bonchev–Trinajstić information content (AvgIpc) is 2.69. The van der Waals surface area contributed by atoms with Crippen LogP contribution in [0, 0.1) is 0 Å². The van der Waals surface area contributed by atoms with E-state index in [0.717, 1.165) is 13.0 Å². The fraction of sp³-hybridized carbons (Fsp3) is 1.00. The molecule has 15 heavy (non-hydrogen) atoms. The Bertz CT molecular complexity index is 203. The highest BCUT2D eigenvalue weighted by atomic mass is 16.5. The fourth-order valence-electron chi connectivity index (χ4n) is 2.20. The number of nitrogens with one attached hydrogen (secondary N) is 1. The second-order valence-corrected chi connectivity index (χ2v) is 5.75. The summed E-state index contributed by atoms with van der Waals surface area (Å²) in [5.41, 5.74) is 0.469. The van der Waals surface area contributed by atoms with E-state index in [2.05, 4.69) is 39.9 Å². The molecule has 1 heterocycles. The minimum absolute atomic E-state index is 0.0677. The van der Waals surface area contributed by atoms with Gasteiger partial charge in [-0.2, -0.15) is 0 Å². The van der Waals surface area contributed by atoms with Crippen LogP contribution in [-0.2, 0) is 4.74 Å². The molecule has 1 fully saturated rings. The Balaban J connectivity index is 2.06. The third kappa shape index (κ3) is 4.12. The van der Waals surface area contributed by atoms with Crippen molar-refractivity contribution < 1.29 is 4.74 Å². The minimum atomic E-state index is 0.0677. The van der Waals surface area contributed by atoms with Gasteiger partial charge in [0.15, 0.2) is 0 Å². The monoisotopic (exact) mass is 213 g/mol. The molecule has 0 aliphatic carbocycles. The second-order valence-electron chi connectivity index (χ2n) is 5.75. The van der Waals surface area contributed by atoms with E-state index in [-0.39, 0.29) is 5.60 Å². The number of hydrogen-bond acceptors (Lipinski definition) is 2. The Morgan fingerprint density at radius 1 is 1.40 bits per heavy atom. The van der Waals surface area contributed by atoms with Crippen molar-refractivity contribution in [3.8, 4) is 0 Å². The van der Waals surface area contributed by atoms with Crippen molar-refractivity contribution in [3.63, 3.8) is 0 Å². The van der Waals surface area contributed by atoms with E-state index in [1.165, 1.54) is 19.3 Å². The molecule has 0 aromatic carbocycles. The lowest BCUT2D eigenvalue weighted by Gasteiger charge is -2.25. The van der Waals surface area contributed by atoms with Crippen LogP contribution in [-0.4, -0.2) is 23.8 Å². The maximum Gasteiger partial charge on any atom is 0.0626 e. The molecule has 0 amide bonds. The molecule has 1 aliphatic heterocycles. The quantitative estimate of drug-likeness (QED) is 0.520. The van der Waals surface area contributed by atoms with Crippen LogP contribution >= 0.6 is 0 Å². The first kappa shape index (κ1) is 13.0. The van der Waals surface area contributed by atoms with E-state index >= 15 is 0 Å². The highest BCUT2D eigenvalue weighted by molar-refractivity contribution is 5.07. The van der Waals surface area contributed by atoms with Crippen molar-refractivity contribution in [1.82, 2.24) is 5.32 Å². The first-order valence-electron chi connectivity index (χ1n) is 6.31.